The van der Waals surface area contributed by atoms with E-state index in [4.69, 9.17) is 14.7 Å². The van der Waals surface area contributed by atoms with Crippen LogP contribution in [0, 0.1) is 11.8 Å². The molecule has 1 saturated carbocycles. The van der Waals surface area contributed by atoms with Crippen molar-refractivity contribution in [2.24, 2.45) is 11.8 Å². The summed E-state index contributed by atoms with van der Waals surface area (Å²) in [5, 5.41) is 28.1. The number of benzene rings is 1. The third kappa shape index (κ3) is 7.39. The van der Waals surface area contributed by atoms with E-state index < -0.39 is 29.2 Å². The quantitative estimate of drug-likeness (QED) is 0.351. The molecule has 6 rings (SSSR count). The molecule has 13 heteroatoms. The van der Waals surface area contributed by atoms with Crippen LogP contribution < -0.4 is 15.5 Å². The molecule has 4 heterocycles. The molecule has 2 saturated heterocycles. The fourth-order valence-electron chi connectivity index (χ4n) is 7.28. The van der Waals surface area contributed by atoms with Crippen LogP contribution in [0.3, 0.4) is 0 Å². The van der Waals surface area contributed by atoms with Gasteiger partial charge in [0, 0.05) is 52.3 Å². The van der Waals surface area contributed by atoms with Gasteiger partial charge in [-0.25, -0.2) is 9.78 Å². The number of phenols is 1. The van der Waals surface area contributed by atoms with Crippen LogP contribution in [-0.4, -0.2) is 104 Å². The zero-order chi connectivity index (χ0) is 33.7. The van der Waals surface area contributed by atoms with Crippen molar-refractivity contribution in [3.63, 3.8) is 0 Å². The minimum absolute atomic E-state index is 0.0192. The number of anilines is 2. The van der Waals surface area contributed by atoms with E-state index in [2.05, 4.69) is 15.5 Å². The molecule has 1 aromatic carbocycles. The molecule has 13 nitrogen and oxygen atoms in total. The molecule has 0 radical (unpaired) electrons. The average molecular weight is 650 g/mol. The fourth-order valence-corrected chi connectivity index (χ4v) is 7.28. The number of fused-ring (bicyclic) bond motifs is 3. The van der Waals surface area contributed by atoms with Gasteiger partial charge in [-0.3, -0.25) is 14.5 Å². The monoisotopic (exact) mass is 649 g/mol. The lowest BCUT2D eigenvalue weighted by Crippen LogP contribution is -2.60. The molecule has 2 unspecified atom stereocenters. The van der Waals surface area contributed by atoms with Crippen LogP contribution in [0.1, 0.15) is 75.5 Å². The highest BCUT2D eigenvalue weighted by Gasteiger charge is 2.43. The van der Waals surface area contributed by atoms with Gasteiger partial charge in [0.05, 0.1) is 17.7 Å². The van der Waals surface area contributed by atoms with Gasteiger partial charge in [0.25, 0.3) is 5.91 Å². The van der Waals surface area contributed by atoms with Gasteiger partial charge in [0.2, 0.25) is 11.9 Å². The molecular formula is C34H47N7O6. The molecule has 4 atom stereocenters. The predicted octanol–water partition coefficient (Wildman–Crippen LogP) is 2.90. The van der Waals surface area contributed by atoms with E-state index in [1.165, 1.54) is 24.2 Å². The van der Waals surface area contributed by atoms with E-state index in [0.717, 1.165) is 24.2 Å². The van der Waals surface area contributed by atoms with Gasteiger partial charge in [0.15, 0.2) is 0 Å². The van der Waals surface area contributed by atoms with Gasteiger partial charge in [-0.05, 0) is 88.5 Å². The van der Waals surface area contributed by atoms with Crippen LogP contribution in [0.5, 0.6) is 5.75 Å². The summed E-state index contributed by atoms with van der Waals surface area (Å²) in [6.45, 7) is 11.3. The lowest BCUT2D eigenvalue weighted by Gasteiger charge is -2.44. The van der Waals surface area contributed by atoms with Crippen molar-refractivity contribution >= 4 is 29.7 Å². The Morgan fingerprint density at radius 2 is 1.70 bits per heavy atom. The first-order valence-corrected chi connectivity index (χ1v) is 16.6. The number of hydrogen-bond acceptors (Lipinski definition) is 10. The van der Waals surface area contributed by atoms with E-state index in [0.29, 0.717) is 43.1 Å². The summed E-state index contributed by atoms with van der Waals surface area (Å²) in [6, 6.07) is 5.90. The average Bonchev–Trinajstić information content (AvgIpc) is 3.32. The van der Waals surface area contributed by atoms with Crippen molar-refractivity contribution in [3.8, 4) is 5.75 Å². The summed E-state index contributed by atoms with van der Waals surface area (Å²) in [7, 11) is 0. The van der Waals surface area contributed by atoms with Crippen molar-refractivity contribution < 1.29 is 29.3 Å². The van der Waals surface area contributed by atoms with Gasteiger partial charge in [0.1, 0.15) is 22.9 Å². The minimum atomic E-state index is -1.55. The largest absolute Gasteiger partial charge is 0.508 e. The maximum Gasteiger partial charge on any atom is 0.410 e. The Labute approximate surface area is 275 Å². The third-order valence-corrected chi connectivity index (χ3v) is 9.79. The predicted molar refractivity (Wildman–Crippen MR) is 175 cm³/mol. The first-order valence-electron chi connectivity index (χ1n) is 16.6. The molecule has 0 spiro atoms. The highest BCUT2D eigenvalue weighted by atomic mass is 16.6. The second-order valence-electron chi connectivity index (χ2n) is 15.0. The minimum Gasteiger partial charge on any atom is -0.508 e. The Morgan fingerprint density at radius 3 is 2.36 bits per heavy atom. The van der Waals surface area contributed by atoms with Crippen LogP contribution in [0.15, 0.2) is 24.3 Å². The number of nitrogens with zero attached hydrogens (tertiary/aromatic N) is 5. The molecule has 4 aliphatic rings. The second kappa shape index (κ2) is 12.5. The van der Waals surface area contributed by atoms with Gasteiger partial charge in [-0.2, -0.15) is 4.98 Å². The van der Waals surface area contributed by atoms with Gasteiger partial charge in [-0.15, -0.1) is 0 Å². The number of phenolic OH excluding ortho intramolecular Hbond substituents is 1. The number of aromatic nitrogens is 2. The molecular weight excluding hydrogens is 602 g/mol. The number of ether oxygens (including phenoxy) is 1. The summed E-state index contributed by atoms with van der Waals surface area (Å²) >= 11 is 0. The number of carbonyl (C=O) groups is 3. The zero-order valence-corrected chi connectivity index (χ0v) is 28.0. The molecule has 4 N–H and O–H groups in total. The van der Waals surface area contributed by atoms with Crippen molar-refractivity contribution in [2.75, 3.05) is 42.9 Å². The van der Waals surface area contributed by atoms with E-state index in [-0.39, 0.29) is 36.5 Å². The number of carbonyl (C=O) groups excluding carboxylic acids is 3. The number of rotatable bonds is 7. The molecule has 47 heavy (non-hydrogen) atoms. The van der Waals surface area contributed by atoms with E-state index in [1.807, 2.05) is 0 Å². The van der Waals surface area contributed by atoms with Crippen LogP contribution in [0.2, 0.25) is 0 Å². The first kappa shape index (κ1) is 32.8. The summed E-state index contributed by atoms with van der Waals surface area (Å²) in [5.41, 5.74) is -0.473. The zero-order valence-electron chi connectivity index (χ0n) is 28.0. The standard InChI is InChI=1S/C34H47N7O6/c1-20(42)39-17-25(18-39)36-29-13-27(37-31(38-29)40-14-21-6-7-22(10-21)15-40)30(44)35-19-34(5,46)28-12-23-8-9-26(43)11-24(23)16-41(28)32(45)47-33(2,3)4/h8-9,11,13,21-22,25,28,43,46H,6-7,10,12,14-19H2,1-5H3,(H,35,44)(H,36,37,38)/t21?,22?,28-,34-/m0/s1. The highest BCUT2D eigenvalue weighted by molar-refractivity contribution is 5.93. The Hall–Kier alpha value is -4.13. The number of nitrogens with one attached hydrogen (secondary N) is 2. The maximum absolute atomic E-state index is 13.7. The van der Waals surface area contributed by atoms with E-state index in [1.54, 1.807) is 63.8 Å². The van der Waals surface area contributed by atoms with Gasteiger partial charge >= 0.3 is 6.09 Å². The smallest absolute Gasteiger partial charge is 0.410 e. The Kier molecular flexibility index (Phi) is 8.71. The summed E-state index contributed by atoms with van der Waals surface area (Å²) < 4.78 is 5.69. The van der Waals surface area contributed by atoms with Gasteiger partial charge < -0.3 is 35.4 Å². The first-order chi connectivity index (χ1) is 22.1. The van der Waals surface area contributed by atoms with E-state index in [9.17, 15) is 24.6 Å². The van der Waals surface area contributed by atoms with E-state index >= 15 is 0 Å². The topological polar surface area (TPSA) is 160 Å². The lowest BCUT2D eigenvalue weighted by molar-refractivity contribution is -0.132. The Balaban J connectivity index is 1.21. The number of hydrogen-bond donors (Lipinski definition) is 4. The molecule has 1 aliphatic carbocycles. The maximum atomic E-state index is 13.7. The molecule has 1 aromatic heterocycles. The molecule has 2 bridgehead atoms. The summed E-state index contributed by atoms with van der Waals surface area (Å²) in [4.78, 5) is 53.6. The second-order valence-corrected chi connectivity index (χ2v) is 15.0. The van der Waals surface area contributed by atoms with Crippen LogP contribution >= 0.6 is 0 Å². The number of likely N-dealkylation sites (tertiary alicyclic amines) is 1. The van der Waals surface area contributed by atoms with Crippen LogP contribution in [0.25, 0.3) is 0 Å². The van der Waals surface area contributed by atoms with Crippen molar-refractivity contribution in [1.82, 2.24) is 25.1 Å². The molecule has 3 amide bonds. The Morgan fingerprint density at radius 1 is 1.00 bits per heavy atom. The number of aliphatic hydroxyl groups is 1. The number of aromatic hydroxyl groups is 1. The number of amides is 3. The molecule has 2 aromatic rings. The number of piperidine rings is 1. The Bertz CT molecular complexity index is 1520. The SMILES string of the molecule is CC(=O)N1CC(Nc2cc(C(=O)NC[C@](C)(O)[C@@H]3Cc4ccc(O)cc4CN3C(=O)OC(C)(C)C)nc(N3CC4CCC(C4)C3)n2)C1. The van der Waals surface area contributed by atoms with Crippen molar-refractivity contribution in [1.29, 1.82) is 0 Å². The summed E-state index contributed by atoms with van der Waals surface area (Å²) in [6.07, 6.45) is 3.32. The molecule has 254 valence electrons. The molecule has 3 fully saturated rings. The lowest BCUT2D eigenvalue weighted by atomic mass is 9.84. The van der Waals surface area contributed by atoms with Crippen LogP contribution in [0.4, 0.5) is 16.6 Å². The summed E-state index contributed by atoms with van der Waals surface area (Å²) in [5.74, 6) is 1.84. The van der Waals surface area contributed by atoms with Crippen molar-refractivity contribution in [3.05, 3.63) is 41.1 Å². The highest BCUT2D eigenvalue weighted by Crippen LogP contribution is 2.38. The van der Waals surface area contributed by atoms with Crippen LogP contribution in [-0.2, 0) is 22.5 Å². The molecule has 3 aliphatic heterocycles. The van der Waals surface area contributed by atoms with Crippen molar-refractivity contribution in [2.45, 2.75) is 90.1 Å². The fraction of sp³-hybridized carbons (Fsp3) is 0.618. The van der Waals surface area contributed by atoms with Gasteiger partial charge in [-0.1, -0.05) is 6.07 Å². The normalized spacial score (nSPS) is 23.8. The third-order valence-electron chi connectivity index (χ3n) is 9.79.